The van der Waals surface area contributed by atoms with Crippen LogP contribution in [0.5, 0.6) is 0 Å². The van der Waals surface area contributed by atoms with Crippen molar-refractivity contribution in [1.29, 1.82) is 0 Å². The van der Waals surface area contributed by atoms with Gasteiger partial charge in [0, 0.05) is 23.5 Å². The topological polar surface area (TPSA) is 90.1 Å². The molecule has 1 amide bonds. The number of ether oxygens (including phenoxy) is 1. The number of benzene rings is 1. The molecule has 128 valence electrons. The molecular formula is C18H18N4O2S. The first-order chi connectivity index (χ1) is 12.2. The second-order valence-electron chi connectivity index (χ2n) is 6.07. The highest BCUT2D eigenvalue weighted by atomic mass is 32.1. The molecule has 0 saturated carbocycles. The van der Waals surface area contributed by atoms with E-state index in [1.807, 2.05) is 18.2 Å². The number of thiophene rings is 1. The summed E-state index contributed by atoms with van der Waals surface area (Å²) in [4.78, 5) is 21.6. The second kappa shape index (κ2) is 6.78. The minimum atomic E-state index is -0.510. The molecule has 2 atom stereocenters. The van der Waals surface area contributed by atoms with E-state index in [1.165, 1.54) is 6.33 Å². The zero-order chi connectivity index (χ0) is 17.2. The Balaban J connectivity index is 1.76. The Morgan fingerprint density at radius 3 is 2.88 bits per heavy atom. The number of aromatic nitrogens is 2. The van der Waals surface area contributed by atoms with Gasteiger partial charge in [0.25, 0.3) is 0 Å². The summed E-state index contributed by atoms with van der Waals surface area (Å²) >= 11 is 1.56. The fraction of sp³-hybridized carbons (Fsp3) is 0.278. The van der Waals surface area contributed by atoms with Crippen LogP contribution >= 0.6 is 11.3 Å². The van der Waals surface area contributed by atoms with Gasteiger partial charge in [0.05, 0.1) is 12.0 Å². The standard InChI is InChI=1S/C18H18N4O2S/c19-16(23)15(12-6-7-24-8-12)22-17-14-13(11-4-2-1-3-5-11)9-25-18(14)21-10-20-17/h1-5,9-10,12,15H,6-8H2,(H2,19,23)(H,20,21,22)/t12-,15+/m0/s1. The lowest BCUT2D eigenvalue weighted by Gasteiger charge is -2.21. The molecule has 2 aromatic heterocycles. The van der Waals surface area contributed by atoms with E-state index in [9.17, 15) is 4.79 Å². The number of anilines is 1. The monoisotopic (exact) mass is 354 g/mol. The lowest BCUT2D eigenvalue weighted by Crippen LogP contribution is -2.42. The Morgan fingerprint density at radius 1 is 1.32 bits per heavy atom. The van der Waals surface area contributed by atoms with Crippen molar-refractivity contribution in [3.63, 3.8) is 0 Å². The molecule has 0 aliphatic carbocycles. The summed E-state index contributed by atoms with van der Waals surface area (Å²) in [5.74, 6) is 0.306. The summed E-state index contributed by atoms with van der Waals surface area (Å²) in [6.07, 6.45) is 2.32. The van der Waals surface area contributed by atoms with Crippen LogP contribution < -0.4 is 11.1 Å². The normalized spacial score (nSPS) is 18.3. The molecule has 3 heterocycles. The van der Waals surface area contributed by atoms with Crippen LogP contribution in [0, 0.1) is 5.92 Å². The van der Waals surface area contributed by atoms with Crippen molar-refractivity contribution in [2.75, 3.05) is 18.5 Å². The van der Waals surface area contributed by atoms with E-state index in [-0.39, 0.29) is 5.92 Å². The number of rotatable bonds is 5. The number of hydrogen-bond acceptors (Lipinski definition) is 6. The van der Waals surface area contributed by atoms with Gasteiger partial charge in [-0.25, -0.2) is 9.97 Å². The molecule has 4 rings (SSSR count). The summed E-state index contributed by atoms with van der Waals surface area (Å²) in [7, 11) is 0. The third kappa shape index (κ3) is 3.08. The van der Waals surface area contributed by atoms with Crippen molar-refractivity contribution in [3.05, 3.63) is 42.0 Å². The van der Waals surface area contributed by atoms with Crippen LogP contribution in [-0.4, -0.2) is 35.1 Å². The molecule has 1 saturated heterocycles. The Kier molecular flexibility index (Phi) is 4.33. The predicted molar refractivity (Wildman–Crippen MR) is 98.4 cm³/mol. The molecule has 3 N–H and O–H groups in total. The zero-order valence-electron chi connectivity index (χ0n) is 13.5. The van der Waals surface area contributed by atoms with Gasteiger partial charge in [-0.2, -0.15) is 0 Å². The van der Waals surface area contributed by atoms with Crippen molar-refractivity contribution < 1.29 is 9.53 Å². The van der Waals surface area contributed by atoms with E-state index in [1.54, 1.807) is 11.3 Å². The van der Waals surface area contributed by atoms with E-state index < -0.39 is 11.9 Å². The lowest BCUT2D eigenvalue weighted by molar-refractivity contribution is -0.119. The fourth-order valence-electron chi connectivity index (χ4n) is 3.20. The molecular weight excluding hydrogens is 336 g/mol. The third-order valence-electron chi connectivity index (χ3n) is 4.49. The van der Waals surface area contributed by atoms with Crippen LogP contribution in [-0.2, 0) is 9.53 Å². The predicted octanol–water partition coefficient (Wildman–Crippen LogP) is 2.66. The number of nitrogens with one attached hydrogen (secondary N) is 1. The van der Waals surface area contributed by atoms with Crippen LogP contribution in [0.1, 0.15) is 6.42 Å². The van der Waals surface area contributed by atoms with Crippen molar-refractivity contribution in [3.8, 4) is 11.1 Å². The number of carbonyl (C=O) groups is 1. The van der Waals surface area contributed by atoms with Crippen LogP contribution in [0.4, 0.5) is 5.82 Å². The number of hydrogen-bond donors (Lipinski definition) is 2. The molecule has 0 spiro atoms. The van der Waals surface area contributed by atoms with Gasteiger partial charge in [-0.3, -0.25) is 4.79 Å². The average molecular weight is 354 g/mol. The minimum Gasteiger partial charge on any atom is -0.381 e. The van der Waals surface area contributed by atoms with Crippen molar-refractivity contribution >= 4 is 33.3 Å². The number of nitrogens with zero attached hydrogens (tertiary/aromatic N) is 2. The molecule has 0 bridgehead atoms. The zero-order valence-corrected chi connectivity index (χ0v) is 14.3. The molecule has 6 nitrogen and oxygen atoms in total. The van der Waals surface area contributed by atoms with E-state index >= 15 is 0 Å². The second-order valence-corrected chi connectivity index (χ2v) is 6.92. The van der Waals surface area contributed by atoms with Crippen LogP contribution in [0.15, 0.2) is 42.0 Å². The summed E-state index contributed by atoms with van der Waals surface area (Å²) in [5.41, 5.74) is 7.77. The van der Waals surface area contributed by atoms with Gasteiger partial charge in [-0.1, -0.05) is 30.3 Å². The maximum absolute atomic E-state index is 12.0. The molecule has 0 radical (unpaired) electrons. The summed E-state index contributed by atoms with van der Waals surface area (Å²) in [6, 6.07) is 9.57. The number of nitrogens with two attached hydrogens (primary N) is 1. The molecule has 1 fully saturated rings. The van der Waals surface area contributed by atoms with E-state index in [4.69, 9.17) is 10.5 Å². The van der Waals surface area contributed by atoms with Crippen molar-refractivity contribution in [2.24, 2.45) is 11.7 Å². The third-order valence-corrected chi connectivity index (χ3v) is 5.38. The summed E-state index contributed by atoms with van der Waals surface area (Å²) in [5, 5.41) is 6.25. The van der Waals surface area contributed by atoms with E-state index in [2.05, 4.69) is 32.8 Å². The Labute approximate surface area is 149 Å². The number of carbonyl (C=O) groups excluding carboxylic acids is 1. The maximum Gasteiger partial charge on any atom is 0.240 e. The van der Waals surface area contributed by atoms with Crippen molar-refractivity contribution in [1.82, 2.24) is 9.97 Å². The summed E-state index contributed by atoms with van der Waals surface area (Å²) < 4.78 is 5.41. The summed E-state index contributed by atoms with van der Waals surface area (Å²) in [6.45, 7) is 1.19. The highest BCUT2D eigenvalue weighted by molar-refractivity contribution is 7.17. The molecule has 3 aromatic rings. The molecule has 0 unspecified atom stereocenters. The van der Waals surface area contributed by atoms with Crippen LogP contribution in [0.2, 0.25) is 0 Å². The van der Waals surface area contributed by atoms with Gasteiger partial charge in [0.1, 0.15) is 23.0 Å². The molecule has 7 heteroatoms. The van der Waals surface area contributed by atoms with Gasteiger partial charge in [-0.15, -0.1) is 11.3 Å². The van der Waals surface area contributed by atoms with E-state index in [0.29, 0.717) is 19.0 Å². The number of fused-ring (bicyclic) bond motifs is 1. The molecule has 25 heavy (non-hydrogen) atoms. The molecule has 1 aliphatic rings. The van der Waals surface area contributed by atoms with Crippen LogP contribution in [0.3, 0.4) is 0 Å². The van der Waals surface area contributed by atoms with Gasteiger partial charge in [0.15, 0.2) is 0 Å². The SMILES string of the molecule is NC(=O)[C@H](Nc1ncnc2scc(-c3ccccc3)c12)[C@H]1CCOC1. The number of primary amides is 1. The highest BCUT2D eigenvalue weighted by Crippen LogP contribution is 2.37. The first kappa shape index (κ1) is 16.0. The lowest BCUT2D eigenvalue weighted by atomic mass is 9.98. The molecule has 1 aromatic carbocycles. The Hall–Kier alpha value is -2.51. The first-order valence-corrected chi connectivity index (χ1v) is 9.03. The van der Waals surface area contributed by atoms with E-state index in [0.717, 1.165) is 27.8 Å². The molecule has 1 aliphatic heterocycles. The Morgan fingerprint density at radius 2 is 2.16 bits per heavy atom. The first-order valence-electron chi connectivity index (χ1n) is 8.15. The smallest absolute Gasteiger partial charge is 0.240 e. The maximum atomic E-state index is 12.0. The van der Waals surface area contributed by atoms with Gasteiger partial charge < -0.3 is 15.8 Å². The van der Waals surface area contributed by atoms with Gasteiger partial charge in [0.2, 0.25) is 5.91 Å². The quantitative estimate of drug-likeness (QED) is 0.735. The largest absolute Gasteiger partial charge is 0.381 e. The van der Waals surface area contributed by atoms with Crippen molar-refractivity contribution in [2.45, 2.75) is 12.5 Å². The Bertz CT molecular complexity index is 890. The number of amides is 1. The minimum absolute atomic E-state index is 0.0568. The van der Waals surface area contributed by atoms with Crippen LogP contribution in [0.25, 0.3) is 21.3 Å². The fourth-order valence-corrected chi connectivity index (χ4v) is 4.11. The van der Waals surface area contributed by atoms with Gasteiger partial charge >= 0.3 is 0 Å². The highest BCUT2D eigenvalue weighted by Gasteiger charge is 2.31. The average Bonchev–Trinajstić information content (AvgIpc) is 3.30. The van der Waals surface area contributed by atoms with Gasteiger partial charge in [-0.05, 0) is 12.0 Å².